The standard InChI is InChI=1S/C17H20N4O2/c1-13(22)14-4-2-5-15(12-14)20-16(23)17(6-9-18-10-7-17)21-11-3-8-19-21/h2-5,8,11-12,18H,6-7,9-10H2,1H3,(H,20,23). The Balaban J connectivity index is 1.87. The molecule has 6 nitrogen and oxygen atoms in total. The Morgan fingerprint density at radius 1 is 1.26 bits per heavy atom. The molecule has 1 aliphatic heterocycles. The summed E-state index contributed by atoms with van der Waals surface area (Å²) in [6.45, 7) is 3.04. The van der Waals surface area contributed by atoms with E-state index in [1.807, 2.05) is 12.3 Å². The lowest BCUT2D eigenvalue weighted by molar-refractivity contribution is -0.126. The highest BCUT2D eigenvalue weighted by atomic mass is 16.2. The van der Waals surface area contributed by atoms with Crippen LogP contribution in [0.4, 0.5) is 5.69 Å². The van der Waals surface area contributed by atoms with Crippen molar-refractivity contribution < 1.29 is 9.59 Å². The SMILES string of the molecule is CC(=O)c1cccc(NC(=O)C2(n3cccn3)CCNCC2)c1. The van der Waals surface area contributed by atoms with Crippen LogP contribution in [0.5, 0.6) is 0 Å². The molecule has 2 aromatic rings. The van der Waals surface area contributed by atoms with E-state index < -0.39 is 5.54 Å². The number of amides is 1. The van der Waals surface area contributed by atoms with Crippen LogP contribution in [0, 0.1) is 0 Å². The number of Topliss-reactive ketones (excluding diaryl/α,β-unsaturated/α-hetero) is 1. The zero-order chi connectivity index (χ0) is 16.3. The predicted molar refractivity (Wildman–Crippen MR) is 87.4 cm³/mol. The summed E-state index contributed by atoms with van der Waals surface area (Å²) in [5, 5.41) is 10.5. The smallest absolute Gasteiger partial charge is 0.252 e. The predicted octanol–water partition coefficient (Wildman–Crippen LogP) is 1.80. The number of piperidine rings is 1. The molecule has 0 saturated carbocycles. The van der Waals surface area contributed by atoms with Crippen LogP contribution in [-0.4, -0.2) is 34.6 Å². The van der Waals surface area contributed by atoms with Gasteiger partial charge in [-0.05, 0) is 51.1 Å². The summed E-state index contributed by atoms with van der Waals surface area (Å²) in [4.78, 5) is 24.5. The zero-order valence-electron chi connectivity index (χ0n) is 13.1. The number of rotatable bonds is 4. The van der Waals surface area contributed by atoms with E-state index in [-0.39, 0.29) is 11.7 Å². The number of benzene rings is 1. The number of nitrogens with one attached hydrogen (secondary N) is 2. The lowest BCUT2D eigenvalue weighted by atomic mass is 9.87. The molecule has 1 aromatic heterocycles. The minimum atomic E-state index is -0.693. The van der Waals surface area contributed by atoms with Gasteiger partial charge >= 0.3 is 0 Å². The highest BCUT2D eigenvalue weighted by molar-refractivity contribution is 5.99. The van der Waals surface area contributed by atoms with Crippen LogP contribution >= 0.6 is 0 Å². The first-order valence-electron chi connectivity index (χ1n) is 7.75. The quantitative estimate of drug-likeness (QED) is 0.844. The van der Waals surface area contributed by atoms with Crippen LogP contribution in [0.25, 0.3) is 0 Å². The average Bonchev–Trinajstić information content (AvgIpc) is 3.10. The average molecular weight is 312 g/mol. The number of ketones is 1. The molecular weight excluding hydrogens is 292 g/mol. The molecule has 2 heterocycles. The van der Waals surface area contributed by atoms with Gasteiger partial charge in [-0.2, -0.15) is 5.10 Å². The molecule has 0 bridgehead atoms. The van der Waals surface area contributed by atoms with Crippen molar-refractivity contribution in [3.05, 3.63) is 48.3 Å². The molecule has 1 saturated heterocycles. The summed E-state index contributed by atoms with van der Waals surface area (Å²) < 4.78 is 1.75. The van der Waals surface area contributed by atoms with Crippen molar-refractivity contribution in [1.82, 2.24) is 15.1 Å². The van der Waals surface area contributed by atoms with Gasteiger partial charge in [0.05, 0.1) is 0 Å². The Bertz CT molecular complexity index is 703. The van der Waals surface area contributed by atoms with Gasteiger partial charge in [0.25, 0.3) is 5.91 Å². The fraction of sp³-hybridized carbons (Fsp3) is 0.353. The van der Waals surface area contributed by atoms with E-state index in [0.29, 0.717) is 24.1 Å². The lowest BCUT2D eigenvalue weighted by Crippen LogP contribution is -2.52. The van der Waals surface area contributed by atoms with Gasteiger partial charge in [0.1, 0.15) is 5.54 Å². The molecule has 0 spiro atoms. The maximum absolute atomic E-state index is 13.0. The summed E-state index contributed by atoms with van der Waals surface area (Å²) in [5.74, 6) is -0.117. The van der Waals surface area contributed by atoms with Crippen molar-refractivity contribution in [2.24, 2.45) is 0 Å². The fourth-order valence-corrected chi connectivity index (χ4v) is 2.99. The van der Waals surface area contributed by atoms with E-state index in [0.717, 1.165) is 13.1 Å². The number of nitrogens with zero attached hydrogens (tertiary/aromatic N) is 2. The molecule has 0 aliphatic carbocycles. The lowest BCUT2D eigenvalue weighted by Gasteiger charge is -2.36. The molecule has 0 atom stereocenters. The van der Waals surface area contributed by atoms with Crippen LogP contribution < -0.4 is 10.6 Å². The number of aromatic nitrogens is 2. The van der Waals surface area contributed by atoms with Crippen LogP contribution in [-0.2, 0) is 10.3 Å². The molecule has 0 unspecified atom stereocenters. The van der Waals surface area contributed by atoms with Gasteiger partial charge in [-0.25, -0.2) is 0 Å². The van der Waals surface area contributed by atoms with E-state index >= 15 is 0 Å². The van der Waals surface area contributed by atoms with E-state index in [1.165, 1.54) is 6.92 Å². The van der Waals surface area contributed by atoms with Gasteiger partial charge in [0.15, 0.2) is 5.78 Å². The largest absolute Gasteiger partial charge is 0.324 e. The molecule has 2 N–H and O–H groups in total. The Morgan fingerprint density at radius 2 is 2.04 bits per heavy atom. The topological polar surface area (TPSA) is 76.0 Å². The molecule has 120 valence electrons. The van der Waals surface area contributed by atoms with Crippen molar-refractivity contribution in [2.75, 3.05) is 18.4 Å². The minimum Gasteiger partial charge on any atom is -0.324 e. The third kappa shape index (κ3) is 3.03. The first-order chi connectivity index (χ1) is 11.1. The maximum Gasteiger partial charge on any atom is 0.252 e. The van der Waals surface area contributed by atoms with Crippen molar-refractivity contribution in [2.45, 2.75) is 25.3 Å². The monoisotopic (exact) mass is 312 g/mol. The Labute approximate surface area is 134 Å². The molecule has 1 aromatic carbocycles. The van der Waals surface area contributed by atoms with Crippen LogP contribution in [0.3, 0.4) is 0 Å². The minimum absolute atomic E-state index is 0.0234. The van der Waals surface area contributed by atoms with E-state index in [1.54, 1.807) is 35.1 Å². The Hall–Kier alpha value is -2.47. The van der Waals surface area contributed by atoms with Crippen molar-refractivity contribution in [3.8, 4) is 0 Å². The number of carbonyl (C=O) groups is 2. The summed E-state index contributed by atoms with van der Waals surface area (Å²) in [5.41, 5.74) is 0.523. The maximum atomic E-state index is 13.0. The van der Waals surface area contributed by atoms with Crippen LogP contribution in [0.15, 0.2) is 42.7 Å². The molecule has 1 aliphatic rings. The second-order valence-corrected chi connectivity index (χ2v) is 5.82. The van der Waals surface area contributed by atoms with Crippen LogP contribution in [0.2, 0.25) is 0 Å². The normalized spacial score (nSPS) is 16.7. The Morgan fingerprint density at radius 3 is 2.70 bits per heavy atom. The van der Waals surface area contributed by atoms with Crippen molar-refractivity contribution in [1.29, 1.82) is 0 Å². The van der Waals surface area contributed by atoms with Gasteiger partial charge in [-0.1, -0.05) is 12.1 Å². The first-order valence-corrected chi connectivity index (χ1v) is 7.75. The van der Waals surface area contributed by atoms with Gasteiger partial charge in [0, 0.05) is 23.6 Å². The molecule has 1 amide bonds. The zero-order valence-corrected chi connectivity index (χ0v) is 13.1. The second-order valence-electron chi connectivity index (χ2n) is 5.82. The third-order valence-corrected chi connectivity index (χ3v) is 4.32. The molecular formula is C17H20N4O2. The highest BCUT2D eigenvalue weighted by Crippen LogP contribution is 2.28. The number of carbonyl (C=O) groups excluding carboxylic acids is 2. The highest BCUT2D eigenvalue weighted by Gasteiger charge is 2.42. The number of anilines is 1. The van der Waals surface area contributed by atoms with E-state index in [9.17, 15) is 9.59 Å². The third-order valence-electron chi connectivity index (χ3n) is 4.32. The molecule has 6 heteroatoms. The summed E-state index contributed by atoms with van der Waals surface area (Å²) in [7, 11) is 0. The van der Waals surface area contributed by atoms with Crippen molar-refractivity contribution >= 4 is 17.4 Å². The van der Waals surface area contributed by atoms with Crippen molar-refractivity contribution in [3.63, 3.8) is 0 Å². The molecule has 3 rings (SSSR count). The van der Waals surface area contributed by atoms with Gasteiger partial charge < -0.3 is 10.6 Å². The van der Waals surface area contributed by atoms with Gasteiger partial charge in [-0.15, -0.1) is 0 Å². The fourth-order valence-electron chi connectivity index (χ4n) is 2.99. The molecule has 23 heavy (non-hydrogen) atoms. The van der Waals surface area contributed by atoms with Crippen LogP contribution in [0.1, 0.15) is 30.1 Å². The second kappa shape index (κ2) is 6.34. The van der Waals surface area contributed by atoms with Gasteiger partial charge in [-0.3, -0.25) is 14.3 Å². The first kappa shape index (κ1) is 15.4. The van der Waals surface area contributed by atoms with E-state index in [4.69, 9.17) is 0 Å². The molecule has 1 fully saturated rings. The number of hydrogen-bond donors (Lipinski definition) is 2. The molecule has 0 radical (unpaired) electrons. The summed E-state index contributed by atoms with van der Waals surface area (Å²) in [6, 6.07) is 8.84. The van der Waals surface area contributed by atoms with E-state index in [2.05, 4.69) is 15.7 Å². The Kier molecular flexibility index (Phi) is 4.25. The number of hydrogen-bond acceptors (Lipinski definition) is 4. The summed E-state index contributed by atoms with van der Waals surface area (Å²) in [6.07, 6.45) is 4.87. The summed E-state index contributed by atoms with van der Waals surface area (Å²) >= 11 is 0. The van der Waals surface area contributed by atoms with Gasteiger partial charge in [0.2, 0.25) is 0 Å².